The maximum Gasteiger partial charge on any atom is 0.186 e. The molecule has 0 unspecified atom stereocenters. The van der Waals surface area contributed by atoms with Gasteiger partial charge in [-0.05, 0) is 25.8 Å². The summed E-state index contributed by atoms with van der Waals surface area (Å²) in [6, 6.07) is 2.22. The second-order valence-electron chi connectivity index (χ2n) is 6.79. The first-order chi connectivity index (χ1) is 12.5. The van der Waals surface area contributed by atoms with Gasteiger partial charge in [-0.3, -0.25) is 0 Å². The minimum atomic E-state index is -0.689. The zero-order valence-electron chi connectivity index (χ0n) is 14.4. The number of anilines is 1. The number of halogens is 3. The van der Waals surface area contributed by atoms with Crippen LogP contribution in [-0.4, -0.2) is 21.0 Å². The number of aryl methyl sites for hydroxylation is 1. The topological polar surface area (TPSA) is 53.6 Å². The Morgan fingerprint density at radius 1 is 1.08 bits per heavy atom. The lowest BCUT2D eigenvalue weighted by Crippen LogP contribution is -2.24. The van der Waals surface area contributed by atoms with Gasteiger partial charge in [-0.25, -0.2) is 23.1 Å². The molecule has 0 spiro atoms. The molecule has 26 heavy (non-hydrogen) atoms. The summed E-state index contributed by atoms with van der Waals surface area (Å²) in [7, 11) is 0. The maximum atomic E-state index is 14.5. The summed E-state index contributed by atoms with van der Waals surface area (Å²) in [5.74, 6) is -1.48. The molecule has 7 heteroatoms. The number of hydrogen-bond acceptors (Lipinski definition) is 3. The second kappa shape index (κ2) is 6.63. The highest BCUT2D eigenvalue weighted by Crippen LogP contribution is 2.31. The Morgan fingerprint density at radius 3 is 2.62 bits per heavy atom. The zero-order chi connectivity index (χ0) is 18.3. The summed E-state index contributed by atoms with van der Waals surface area (Å²) in [4.78, 5) is 11.3. The standard InChI is InChI=1S/C19H19F3N4/c1-10-16(22)19(25-12-5-3-2-4-6-12)26-18(24-10)14-9-23-17-13(14)7-11(20)8-15(17)21/h7-9,12,23H,2-6H2,1H3,(H,24,25,26). The lowest BCUT2D eigenvalue weighted by atomic mass is 9.95. The summed E-state index contributed by atoms with van der Waals surface area (Å²) in [6.07, 6.45) is 6.88. The zero-order valence-corrected chi connectivity index (χ0v) is 14.4. The molecule has 1 aliphatic rings. The van der Waals surface area contributed by atoms with Crippen molar-refractivity contribution in [3.8, 4) is 11.4 Å². The van der Waals surface area contributed by atoms with E-state index in [9.17, 15) is 13.2 Å². The first-order valence-corrected chi connectivity index (χ1v) is 8.80. The van der Waals surface area contributed by atoms with Gasteiger partial charge in [0.2, 0.25) is 0 Å². The Bertz CT molecular complexity index is 961. The van der Waals surface area contributed by atoms with Gasteiger partial charge < -0.3 is 10.3 Å². The van der Waals surface area contributed by atoms with Crippen LogP contribution in [0.2, 0.25) is 0 Å². The van der Waals surface area contributed by atoms with E-state index in [2.05, 4.69) is 20.3 Å². The fourth-order valence-corrected chi connectivity index (χ4v) is 3.56. The van der Waals surface area contributed by atoms with Crippen molar-refractivity contribution in [2.75, 3.05) is 5.32 Å². The second-order valence-corrected chi connectivity index (χ2v) is 6.79. The quantitative estimate of drug-likeness (QED) is 0.684. The van der Waals surface area contributed by atoms with Crippen molar-refractivity contribution in [1.29, 1.82) is 0 Å². The molecule has 4 nitrogen and oxygen atoms in total. The van der Waals surface area contributed by atoms with Gasteiger partial charge >= 0.3 is 0 Å². The van der Waals surface area contributed by atoms with Gasteiger partial charge in [0.1, 0.15) is 11.6 Å². The van der Waals surface area contributed by atoms with Crippen LogP contribution in [0.15, 0.2) is 18.3 Å². The molecule has 1 saturated carbocycles. The van der Waals surface area contributed by atoms with Gasteiger partial charge in [0.25, 0.3) is 0 Å². The van der Waals surface area contributed by atoms with Crippen molar-refractivity contribution >= 4 is 16.7 Å². The number of hydrogen-bond donors (Lipinski definition) is 2. The van der Waals surface area contributed by atoms with Crippen LogP contribution in [0.3, 0.4) is 0 Å². The molecular formula is C19H19F3N4. The Labute approximate surface area is 148 Å². The minimum Gasteiger partial charge on any atom is -0.365 e. The van der Waals surface area contributed by atoms with Gasteiger partial charge in [-0.2, -0.15) is 0 Å². The van der Waals surface area contributed by atoms with Crippen LogP contribution in [0.4, 0.5) is 19.0 Å². The normalized spacial score (nSPS) is 15.5. The number of nitrogens with one attached hydrogen (secondary N) is 2. The van der Waals surface area contributed by atoms with E-state index in [-0.39, 0.29) is 28.9 Å². The highest BCUT2D eigenvalue weighted by Gasteiger charge is 2.20. The molecule has 2 aromatic heterocycles. The van der Waals surface area contributed by atoms with Gasteiger partial charge in [-0.1, -0.05) is 19.3 Å². The molecule has 1 fully saturated rings. The van der Waals surface area contributed by atoms with Crippen LogP contribution in [0.1, 0.15) is 37.8 Å². The summed E-state index contributed by atoms with van der Waals surface area (Å²) in [5.41, 5.74) is 0.807. The first-order valence-electron chi connectivity index (χ1n) is 8.80. The van der Waals surface area contributed by atoms with Crippen LogP contribution < -0.4 is 5.32 Å². The largest absolute Gasteiger partial charge is 0.365 e. The Kier molecular flexibility index (Phi) is 4.30. The average Bonchev–Trinajstić information content (AvgIpc) is 3.04. The predicted molar refractivity (Wildman–Crippen MR) is 94.4 cm³/mol. The molecule has 2 N–H and O–H groups in total. The van der Waals surface area contributed by atoms with Gasteiger partial charge in [0.05, 0.1) is 11.2 Å². The number of rotatable bonds is 3. The van der Waals surface area contributed by atoms with E-state index in [1.54, 1.807) is 6.92 Å². The molecule has 2 heterocycles. The third-order valence-electron chi connectivity index (χ3n) is 4.91. The van der Waals surface area contributed by atoms with Crippen molar-refractivity contribution < 1.29 is 13.2 Å². The van der Waals surface area contributed by atoms with Crippen LogP contribution in [0, 0.1) is 24.4 Å². The van der Waals surface area contributed by atoms with Crippen molar-refractivity contribution in [2.24, 2.45) is 0 Å². The molecule has 1 aromatic carbocycles. The van der Waals surface area contributed by atoms with E-state index in [1.807, 2.05) is 0 Å². The van der Waals surface area contributed by atoms with Crippen molar-refractivity contribution in [1.82, 2.24) is 15.0 Å². The molecule has 1 aliphatic carbocycles. The van der Waals surface area contributed by atoms with E-state index in [4.69, 9.17) is 0 Å². The summed E-state index contributed by atoms with van der Waals surface area (Å²) in [5, 5.41) is 3.51. The van der Waals surface area contributed by atoms with E-state index in [0.29, 0.717) is 10.9 Å². The molecule has 3 aromatic rings. The lowest BCUT2D eigenvalue weighted by Gasteiger charge is -2.23. The molecule has 4 rings (SSSR count). The number of benzene rings is 1. The lowest BCUT2D eigenvalue weighted by molar-refractivity contribution is 0.459. The molecule has 0 aliphatic heterocycles. The maximum absolute atomic E-state index is 14.5. The molecule has 0 radical (unpaired) electrons. The van der Waals surface area contributed by atoms with Crippen molar-refractivity contribution in [2.45, 2.75) is 45.1 Å². The van der Waals surface area contributed by atoms with Crippen LogP contribution in [-0.2, 0) is 0 Å². The van der Waals surface area contributed by atoms with Crippen molar-refractivity contribution in [3.63, 3.8) is 0 Å². The van der Waals surface area contributed by atoms with Gasteiger partial charge in [-0.15, -0.1) is 0 Å². The molecule has 0 bridgehead atoms. The number of nitrogens with zero attached hydrogens (tertiary/aromatic N) is 2. The summed E-state index contributed by atoms with van der Waals surface area (Å²) >= 11 is 0. The number of fused-ring (bicyclic) bond motifs is 1. The molecule has 0 saturated heterocycles. The fraction of sp³-hybridized carbons (Fsp3) is 0.368. The summed E-state index contributed by atoms with van der Waals surface area (Å²) < 4.78 is 42.1. The summed E-state index contributed by atoms with van der Waals surface area (Å²) in [6.45, 7) is 1.56. The van der Waals surface area contributed by atoms with E-state index in [0.717, 1.165) is 31.7 Å². The van der Waals surface area contributed by atoms with Crippen LogP contribution in [0.25, 0.3) is 22.3 Å². The van der Waals surface area contributed by atoms with Gasteiger partial charge in [0.15, 0.2) is 17.5 Å². The predicted octanol–water partition coefficient (Wildman–Crippen LogP) is 5.10. The number of aromatic nitrogens is 3. The van der Waals surface area contributed by atoms with E-state index >= 15 is 0 Å². The van der Waals surface area contributed by atoms with Crippen molar-refractivity contribution in [3.05, 3.63) is 41.5 Å². The molecule has 0 atom stereocenters. The third kappa shape index (κ3) is 3.02. The smallest absolute Gasteiger partial charge is 0.186 e. The number of H-pyrrole nitrogens is 1. The fourth-order valence-electron chi connectivity index (χ4n) is 3.56. The highest BCUT2D eigenvalue weighted by atomic mass is 19.1. The Hall–Kier alpha value is -2.57. The van der Waals surface area contributed by atoms with Gasteiger partial charge in [0, 0.05) is 29.3 Å². The molecule has 0 amide bonds. The first kappa shape index (κ1) is 16.9. The average molecular weight is 360 g/mol. The number of aromatic amines is 1. The highest BCUT2D eigenvalue weighted by molar-refractivity contribution is 5.94. The molecular weight excluding hydrogens is 341 g/mol. The minimum absolute atomic E-state index is 0.144. The Morgan fingerprint density at radius 2 is 1.85 bits per heavy atom. The van der Waals surface area contributed by atoms with Crippen LogP contribution >= 0.6 is 0 Å². The Balaban J connectivity index is 1.77. The van der Waals surface area contributed by atoms with E-state index in [1.165, 1.54) is 18.7 Å². The third-order valence-corrected chi connectivity index (χ3v) is 4.91. The van der Waals surface area contributed by atoms with Crippen LogP contribution in [0.5, 0.6) is 0 Å². The van der Waals surface area contributed by atoms with E-state index < -0.39 is 17.5 Å². The SMILES string of the molecule is Cc1nc(-c2c[nH]c3c(F)cc(F)cc23)nc(NC2CCCCC2)c1F. The monoisotopic (exact) mass is 360 g/mol. The molecule has 136 valence electrons.